The number of nitrogens with zero attached hydrogens (tertiary/aromatic N) is 2. The Bertz CT molecular complexity index is 1450. The standard InChI is InChI=1S/C29H23N3O3/c30-14-15-35-23-12-10-20(11-13-23)16-22-18-32(17-21-6-2-1-3-7-21)19-25-27(29(33)34)24-8-4-5-9-26(24)31-28(22)25/h1-13,16H,15,17-19H2,(H,33,34)/b22-16+. The molecule has 1 unspecified atom stereocenters. The van der Waals surface area contributed by atoms with E-state index in [1.807, 2.05) is 66.7 Å². The van der Waals surface area contributed by atoms with Gasteiger partial charge in [0.15, 0.2) is 6.61 Å². The van der Waals surface area contributed by atoms with E-state index in [2.05, 4.69) is 18.2 Å². The maximum atomic E-state index is 12.3. The van der Waals surface area contributed by atoms with Crippen LogP contribution < -0.4 is 14.7 Å². The quantitative estimate of drug-likeness (QED) is 0.477. The first-order valence-corrected chi connectivity index (χ1v) is 11.4. The number of aromatic carboxylic acids is 1. The summed E-state index contributed by atoms with van der Waals surface area (Å²) in [5.74, 6) is -0.559. The van der Waals surface area contributed by atoms with Gasteiger partial charge in [-0.1, -0.05) is 60.7 Å². The predicted octanol–water partition coefficient (Wildman–Crippen LogP) is 2.64. The first kappa shape index (κ1) is 22.3. The van der Waals surface area contributed by atoms with Gasteiger partial charge in [-0.2, -0.15) is 5.26 Å². The molecule has 0 spiro atoms. The van der Waals surface area contributed by atoms with Crippen LogP contribution in [0.25, 0.3) is 22.6 Å². The predicted molar refractivity (Wildman–Crippen MR) is 131 cm³/mol. The Hall–Kier alpha value is -4.47. The van der Waals surface area contributed by atoms with E-state index < -0.39 is 5.97 Å². The summed E-state index contributed by atoms with van der Waals surface area (Å²) in [5.41, 5.74) is 5.39. The number of pyridine rings is 1. The molecule has 6 nitrogen and oxygen atoms in total. The van der Waals surface area contributed by atoms with Crippen LogP contribution in [0.1, 0.15) is 32.7 Å². The number of nitrogens with one attached hydrogen (secondary N) is 1. The van der Waals surface area contributed by atoms with Crippen molar-refractivity contribution in [3.63, 3.8) is 0 Å². The number of hydrogen-bond donors (Lipinski definition) is 1. The van der Waals surface area contributed by atoms with Gasteiger partial charge in [-0.25, -0.2) is 4.98 Å². The van der Waals surface area contributed by atoms with E-state index in [0.717, 1.165) is 17.7 Å². The summed E-state index contributed by atoms with van der Waals surface area (Å²) in [5, 5.41) is 21.7. The van der Waals surface area contributed by atoms with Gasteiger partial charge in [0.2, 0.25) is 0 Å². The lowest BCUT2D eigenvalue weighted by Gasteiger charge is -2.30. The van der Waals surface area contributed by atoms with E-state index in [-0.39, 0.29) is 12.2 Å². The normalized spacial score (nSPS) is 16.0. The lowest BCUT2D eigenvalue weighted by Crippen LogP contribution is -3.10. The molecule has 4 aromatic rings. The molecule has 35 heavy (non-hydrogen) atoms. The van der Waals surface area contributed by atoms with Crippen LogP contribution in [0.3, 0.4) is 0 Å². The zero-order valence-electron chi connectivity index (χ0n) is 19.0. The molecule has 0 radical (unpaired) electrons. The Kier molecular flexibility index (Phi) is 6.25. The minimum atomic E-state index is -1.18. The molecule has 1 atom stereocenters. The molecule has 0 aliphatic carbocycles. The van der Waals surface area contributed by atoms with Gasteiger partial charge in [-0.3, -0.25) is 0 Å². The summed E-state index contributed by atoms with van der Waals surface area (Å²) in [6.07, 6.45) is 2.05. The molecular formula is C29H23N3O3. The molecule has 0 bridgehead atoms. The second-order valence-corrected chi connectivity index (χ2v) is 8.57. The number of ether oxygens (including phenoxy) is 1. The van der Waals surface area contributed by atoms with Crippen molar-refractivity contribution in [2.75, 3.05) is 13.2 Å². The molecule has 2 heterocycles. The van der Waals surface area contributed by atoms with Gasteiger partial charge < -0.3 is 19.5 Å². The van der Waals surface area contributed by atoms with Gasteiger partial charge in [0.25, 0.3) is 0 Å². The number of para-hydroxylation sites is 1. The number of carboxylic acid groups (broad SMARTS) is 1. The molecule has 0 saturated carbocycles. The van der Waals surface area contributed by atoms with E-state index >= 15 is 0 Å². The minimum Gasteiger partial charge on any atom is -0.545 e. The maximum absolute atomic E-state index is 12.3. The van der Waals surface area contributed by atoms with Crippen molar-refractivity contribution in [2.24, 2.45) is 0 Å². The van der Waals surface area contributed by atoms with E-state index in [1.165, 1.54) is 10.5 Å². The summed E-state index contributed by atoms with van der Waals surface area (Å²) in [7, 11) is 0. The SMILES string of the molecule is N#CCOc1ccc(/C=C2\C[NH+](Cc3ccccc3)Cc3c2nc2ccccc2c3C(=O)[O-])cc1. The van der Waals surface area contributed by atoms with Crippen molar-refractivity contribution in [2.45, 2.75) is 13.1 Å². The summed E-state index contributed by atoms with van der Waals surface area (Å²) >= 11 is 0. The Morgan fingerprint density at radius 1 is 1.03 bits per heavy atom. The highest BCUT2D eigenvalue weighted by Gasteiger charge is 2.29. The van der Waals surface area contributed by atoms with Crippen LogP contribution in [0.2, 0.25) is 0 Å². The fraction of sp³-hybridized carbons (Fsp3) is 0.138. The number of carboxylic acids is 1. The number of aromatic nitrogens is 1. The molecule has 1 aliphatic rings. The van der Waals surface area contributed by atoms with Crippen molar-refractivity contribution in [1.82, 2.24) is 4.98 Å². The number of rotatable bonds is 6. The third-order valence-corrected chi connectivity index (χ3v) is 6.19. The number of quaternary nitrogens is 1. The fourth-order valence-corrected chi connectivity index (χ4v) is 4.69. The Morgan fingerprint density at radius 2 is 1.77 bits per heavy atom. The average molecular weight is 462 g/mol. The monoisotopic (exact) mass is 461 g/mol. The lowest BCUT2D eigenvalue weighted by atomic mass is 9.91. The van der Waals surface area contributed by atoms with Crippen molar-refractivity contribution in [3.05, 3.63) is 107 Å². The topological polar surface area (TPSA) is 90.5 Å². The zero-order valence-corrected chi connectivity index (χ0v) is 19.0. The van der Waals surface area contributed by atoms with Crippen LogP contribution in [0, 0.1) is 11.3 Å². The first-order chi connectivity index (χ1) is 17.1. The molecule has 3 aromatic carbocycles. The average Bonchev–Trinajstić information content (AvgIpc) is 2.87. The highest BCUT2D eigenvalue weighted by Crippen LogP contribution is 2.30. The zero-order chi connectivity index (χ0) is 24.2. The van der Waals surface area contributed by atoms with Crippen LogP contribution in [0.15, 0.2) is 78.9 Å². The number of nitriles is 1. The largest absolute Gasteiger partial charge is 0.545 e. The Balaban J connectivity index is 1.61. The van der Waals surface area contributed by atoms with Gasteiger partial charge in [0, 0.05) is 27.6 Å². The minimum absolute atomic E-state index is 0.00534. The van der Waals surface area contributed by atoms with Crippen LogP contribution in [0.4, 0.5) is 0 Å². The number of hydrogen-bond acceptors (Lipinski definition) is 5. The fourth-order valence-electron chi connectivity index (χ4n) is 4.69. The molecule has 1 aromatic heterocycles. The van der Waals surface area contributed by atoms with Gasteiger partial charge >= 0.3 is 0 Å². The third-order valence-electron chi connectivity index (χ3n) is 6.19. The summed E-state index contributed by atoms with van der Waals surface area (Å²) in [6.45, 7) is 2.00. The summed E-state index contributed by atoms with van der Waals surface area (Å²) in [4.78, 5) is 18.5. The Morgan fingerprint density at radius 3 is 2.51 bits per heavy atom. The van der Waals surface area contributed by atoms with Crippen molar-refractivity contribution in [3.8, 4) is 11.8 Å². The molecule has 1 aliphatic heterocycles. The molecule has 172 valence electrons. The van der Waals surface area contributed by atoms with Gasteiger partial charge in [0.1, 0.15) is 31.5 Å². The van der Waals surface area contributed by atoms with E-state index in [4.69, 9.17) is 15.0 Å². The van der Waals surface area contributed by atoms with Crippen LogP contribution in [-0.2, 0) is 13.1 Å². The van der Waals surface area contributed by atoms with Gasteiger partial charge in [-0.15, -0.1) is 0 Å². The second-order valence-electron chi connectivity index (χ2n) is 8.57. The van der Waals surface area contributed by atoms with Crippen molar-refractivity contribution >= 4 is 28.5 Å². The van der Waals surface area contributed by atoms with E-state index in [0.29, 0.717) is 41.0 Å². The second kappa shape index (κ2) is 9.80. The number of benzene rings is 3. The summed E-state index contributed by atoms with van der Waals surface area (Å²) in [6, 6.07) is 27.0. The van der Waals surface area contributed by atoms with Gasteiger partial charge in [-0.05, 0) is 29.8 Å². The van der Waals surface area contributed by atoms with Crippen LogP contribution in [0.5, 0.6) is 5.75 Å². The lowest BCUT2D eigenvalue weighted by molar-refractivity contribution is -0.921. The van der Waals surface area contributed by atoms with Gasteiger partial charge in [0.05, 0.1) is 17.2 Å². The molecule has 1 N–H and O–H groups in total. The maximum Gasteiger partial charge on any atom is 0.174 e. The molecular weight excluding hydrogens is 438 g/mol. The third kappa shape index (κ3) is 4.77. The molecule has 0 fully saturated rings. The molecule has 0 amide bonds. The highest BCUT2D eigenvalue weighted by molar-refractivity contribution is 6.05. The number of fused-ring (bicyclic) bond motifs is 2. The van der Waals surface area contributed by atoms with Crippen molar-refractivity contribution < 1.29 is 19.5 Å². The van der Waals surface area contributed by atoms with Crippen molar-refractivity contribution in [1.29, 1.82) is 5.26 Å². The van der Waals surface area contributed by atoms with E-state index in [9.17, 15) is 9.90 Å². The molecule has 6 heteroatoms. The van der Waals surface area contributed by atoms with Crippen LogP contribution in [-0.4, -0.2) is 24.1 Å². The summed E-state index contributed by atoms with van der Waals surface area (Å²) < 4.78 is 5.36. The smallest absolute Gasteiger partial charge is 0.174 e. The first-order valence-electron chi connectivity index (χ1n) is 11.4. The van der Waals surface area contributed by atoms with E-state index in [1.54, 1.807) is 6.07 Å². The highest BCUT2D eigenvalue weighted by atomic mass is 16.5. The van der Waals surface area contributed by atoms with Crippen LogP contribution >= 0.6 is 0 Å². The molecule has 5 rings (SSSR count). The molecule has 0 saturated heterocycles. The Labute approximate surface area is 203 Å². The number of carbonyl (C=O) groups excluding carboxylic acids is 1. The number of carbonyl (C=O) groups is 1.